The summed E-state index contributed by atoms with van der Waals surface area (Å²) in [4.78, 5) is 12.7. The van der Waals surface area contributed by atoms with Crippen LogP contribution in [0.25, 0.3) is 0 Å². The van der Waals surface area contributed by atoms with E-state index in [4.69, 9.17) is 17.0 Å². The zero-order valence-electron chi connectivity index (χ0n) is 21.5. The Hall–Kier alpha value is -3.43. The number of nitrogens with one attached hydrogen (secondary N) is 3. The molecule has 7 nitrogen and oxygen atoms in total. The minimum Gasteiger partial charge on any atom is -0.491 e. The third-order valence-corrected chi connectivity index (χ3v) is 7.43. The van der Waals surface area contributed by atoms with Crippen molar-refractivity contribution in [2.45, 2.75) is 58.0 Å². The molecule has 3 N–H and O–H groups in total. The van der Waals surface area contributed by atoms with Gasteiger partial charge in [-0.15, -0.1) is 0 Å². The molecule has 0 spiro atoms. The van der Waals surface area contributed by atoms with Gasteiger partial charge in [-0.3, -0.25) is 14.8 Å². The van der Waals surface area contributed by atoms with Crippen molar-refractivity contribution in [3.63, 3.8) is 0 Å². The van der Waals surface area contributed by atoms with Gasteiger partial charge in [-0.05, 0) is 111 Å². The van der Waals surface area contributed by atoms with Crippen LogP contribution in [0.15, 0.2) is 71.6 Å². The predicted octanol–water partition coefficient (Wildman–Crippen LogP) is 6.19. The Bertz CT molecular complexity index is 1340. The van der Waals surface area contributed by atoms with Crippen LogP contribution in [0.5, 0.6) is 5.75 Å². The quantitative estimate of drug-likeness (QED) is 0.266. The summed E-state index contributed by atoms with van der Waals surface area (Å²) >= 11 is 5.25. The summed E-state index contributed by atoms with van der Waals surface area (Å²) in [6.07, 6.45) is 3.32. The molecule has 0 heterocycles. The molecule has 0 aliphatic heterocycles. The standard InChI is InChI=1S/C28H33N3O4S2/c1-5-6-7-21(4)35-25-14-9-22(10-15-25)27(32)30-28(36)29-23-12-16-26(17-13-23)37(33,34)31-24-11-8-19(2)20(3)18-24/h8-18,21,31H,5-7H2,1-4H3,(H2,29,30,32,36). The monoisotopic (exact) mass is 539 g/mol. The molecule has 3 aromatic rings. The molecule has 1 amide bonds. The molecule has 0 bridgehead atoms. The zero-order valence-corrected chi connectivity index (χ0v) is 23.1. The van der Waals surface area contributed by atoms with Gasteiger partial charge in [-0.2, -0.15) is 0 Å². The number of sulfonamides is 1. The maximum Gasteiger partial charge on any atom is 0.261 e. The molecular weight excluding hydrogens is 506 g/mol. The fraction of sp³-hybridized carbons (Fsp3) is 0.286. The lowest BCUT2D eigenvalue weighted by molar-refractivity contribution is 0.0977. The summed E-state index contributed by atoms with van der Waals surface area (Å²) in [5, 5.41) is 5.63. The molecule has 0 saturated carbocycles. The van der Waals surface area contributed by atoms with Gasteiger partial charge in [0.2, 0.25) is 0 Å². The summed E-state index contributed by atoms with van der Waals surface area (Å²) < 4.78 is 33.9. The number of hydrogen-bond acceptors (Lipinski definition) is 5. The second-order valence-electron chi connectivity index (χ2n) is 8.93. The molecule has 1 unspecified atom stereocenters. The Morgan fingerprint density at radius 1 is 0.946 bits per heavy atom. The van der Waals surface area contributed by atoms with Gasteiger partial charge >= 0.3 is 0 Å². The smallest absolute Gasteiger partial charge is 0.261 e. The SMILES string of the molecule is CCCCC(C)Oc1ccc(C(=O)NC(=S)Nc2ccc(S(=O)(=O)Nc3ccc(C)c(C)c3)cc2)cc1. The molecule has 0 saturated heterocycles. The van der Waals surface area contributed by atoms with E-state index in [1.165, 1.54) is 12.1 Å². The number of rotatable bonds is 10. The van der Waals surface area contributed by atoms with Gasteiger partial charge in [0, 0.05) is 16.9 Å². The van der Waals surface area contributed by atoms with Gasteiger partial charge in [0.25, 0.3) is 15.9 Å². The van der Waals surface area contributed by atoms with E-state index in [1.807, 2.05) is 26.8 Å². The van der Waals surface area contributed by atoms with Gasteiger partial charge in [-0.1, -0.05) is 25.8 Å². The lowest BCUT2D eigenvalue weighted by Crippen LogP contribution is -2.34. The number of carbonyl (C=O) groups excluding carboxylic acids is 1. The number of unbranched alkanes of at least 4 members (excludes halogenated alkanes) is 1. The summed E-state index contributed by atoms with van der Waals surface area (Å²) in [5.74, 6) is 0.350. The Labute approximate surface area is 224 Å². The number of anilines is 2. The van der Waals surface area contributed by atoms with Crippen LogP contribution >= 0.6 is 12.2 Å². The second-order valence-corrected chi connectivity index (χ2v) is 11.0. The average Bonchev–Trinajstić information content (AvgIpc) is 2.85. The predicted molar refractivity (Wildman–Crippen MR) is 153 cm³/mol. The topological polar surface area (TPSA) is 96.5 Å². The van der Waals surface area contributed by atoms with Gasteiger partial charge in [-0.25, -0.2) is 8.42 Å². The van der Waals surface area contributed by atoms with E-state index in [-0.39, 0.29) is 22.0 Å². The van der Waals surface area contributed by atoms with Crippen molar-refractivity contribution in [3.8, 4) is 5.75 Å². The third-order valence-electron chi connectivity index (χ3n) is 5.83. The highest BCUT2D eigenvalue weighted by Gasteiger charge is 2.15. The first-order valence-corrected chi connectivity index (χ1v) is 14.1. The molecule has 0 fully saturated rings. The Kier molecular flexibility index (Phi) is 9.66. The van der Waals surface area contributed by atoms with Gasteiger partial charge < -0.3 is 10.1 Å². The van der Waals surface area contributed by atoms with Gasteiger partial charge in [0.1, 0.15) is 5.75 Å². The van der Waals surface area contributed by atoms with Gasteiger partial charge in [0.15, 0.2) is 5.11 Å². The van der Waals surface area contributed by atoms with Crippen LogP contribution < -0.4 is 20.1 Å². The van der Waals surface area contributed by atoms with Crippen LogP contribution in [0.1, 0.15) is 54.6 Å². The van der Waals surface area contributed by atoms with Crippen molar-refractivity contribution in [1.82, 2.24) is 5.32 Å². The summed E-state index contributed by atoms with van der Waals surface area (Å²) in [5.41, 5.74) is 3.56. The number of hydrogen-bond donors (Lipinski definition) is 3. The Morgan fingerprint density at radius 3 is 2.22 bits per heavy atom. The molecule has 9 heteroatoms. The molecule has 3 aromatic carbocycles. The van der Waals surface area contributed by atoms with Crippen molar-refractivity contribution in [2.24, 2.45) is 0 Å². The van der Waals surface area contributed by atoms with E-state index in [0.29, 0.717) is 22.7 Å². The fourth-order valence-electron chi connectivity index (χ4n) is 3.54. The summed E-state index contributed by atoms with van der Waals surface area (Å²) in [6.45, 7) is 8.07. The second kappa shape index (κ2) is 12.7. The summed E-state index contributed by atoms with van der Waals surface area (Å²) in [7, 11) is -3.75. The number of carbonyl (C=O) groups is 1. The minimum atomic E-state index is -3.75. The van der Waals surface area contributed by atoms with Crippen LogP contribution in [0.2, 0.25) is 0 Å². The van der Waals surface area contributed by atoms with Gasteiger partial charge in [0.05, 0.1) is 11.0 Å². The minimum absolute atomic E-state index is 0.0994. The largest absolute Gasteiger partial charge is 0.491 e. The summed E-state index contributed by atoms with van der Waals surface area (Å²) in [6, 6.07) is 18.4. The molecule has 0 aliphatic carbocycles. The first-order chi connectivity index (χ1) is 17.6. The lowest BCUT2D eigenvalue weighted by atomic mass is 10.1. The third kappa shape index (κ3) is 8.30. The van der Waals surface area contributed by atoms with Crippen LogP contribution in [0, 0.1) is 13.8 Å². The maximum absolute atomic E-state index is 12.7. The van der Waals surface area contributed by atoms with E-state index in [2.05, 4.69) is 22.3 Å². The van der Waals surface area contributed by atoms with Crippen molar-refractivity contribution >= 4 is 44.6 Å². The molecule has 1 atom stereocenters. The van der Waals surface area contributed by atoms with E-state index < -0.39 is 10.0 Å². The Morgan fingerprint density at radius 2 is 1.59 bits per heavy atom. The fourth-order valence-corrected chi connectivity index (χ4v) is 4.80. The van der Waals surface area contributed by atoms with Crippen molar-refractivity contribution in [2.75, 3.05) is 10.0 Å². The van der Waals surface area contributed by atoms with E-state index in [1.54, 1.807) is 48.5 Å². The maximum atomic E-state index is 12.7. The lowest BCUT2D eigenvalue weighted by Gasteiger charge is -2.14. The van der Waals surface area contributed by atoms with Crippen LogP contribution in [-0.4, -0.2) is 25.5 Å². The number of aryl methyl sites for hydroxylation is 2. The molecule has 196 valence electrons. The van der Waals surface area contributed by atoms with E-state index >= 15 is 0 Å². The number of ether oxygens (including phenoxy) is 1. The first kappa shape index (κ1) is 28.1. The number of benzene rings is 3. The highest BCUT2D eigenvalue weighted by Crippen LogP contribution is 2.21. The molecular formula is C28H33N3O4S2. The molecule has 0 aliphatic rings. The number of amides is 1. The Balaban J connectivity index is 1.54. The van der Waals surface area contributed by atoms with Crippen LogP contribution in [0.4, 0.5) is 11.4 Å². The van der Waals surface area contributed by atoms with Crippen molar-refractivity contribution < 1.29 is 17.9 Å². The zero-order chi connectivity index (χ0) is 27.0. The average molecular weight is 540 g/mol. The highest BCUT2D eigenvalue weighted by atomic mass is 32.2. The van der Waals surface area contributed by atoms with E-state index in [9.17, 15) is 13.2 Å². The first-order valence-electron chi connectivity index (χ1n) is 12.2. The number of thiocarbonyl (C=S) groups is 1. The highest BCUT2D eigenvalue weighted by molar-refractivity contribution is 7.92. The normalized spacial score (nSPS) is 11.9. The van der Waals surface area contributed by atoms with Crippen LogP contribution in [0.3, 0.4) is 0 Å². The van der Waals surface area contributed by atoms with E-state index in [0.717, 1.165) is 30.4 Å². The van der Waals surface area contributed by atoms with Crippen LogP contribution in [-0.2, 0) is 10.0 Å². The van der Waals surface area contributed by atoms with Crippen molar-refractivity contribution in [3.05, 3.63) is 83.4 Å². The molecule has 3 rings (SSSR count). The molecule has 0 aromatic heterocycles. The molecule has 0 radical (unpaired) electrons. The van der Waals surface area contributed by atoms with Crippen molar-refractivity contribution in [1.29, 1.82) is 0 Å². The molecule has 37 heavy (non-hydrogen) atoms.